The summed E-state index contributed by atoms with van der Waals surface area (Å²) in [4.78, 5) is 0. The van der Waals surface area contributed by atoms with Crippen molar-refractivity contribution < 1.29 is 0 Å². The molecular formula is C10H10ClN3. The molecule has 0 atom stereocenters. The molecule has 0 saturated heterocycles. The Morgan fingerprint density at radius 1 is 1.36 bits per heavy atom. The van der Waals surface area contributed by atoms with Gasteiger partial charge in [0, 0.05) is 17.6 Å². The molecule has 14 heavy (non-hydrogen) atoms. The Labute approximate surface area is 87.3 Å². The second kappa shape index (κ2) is 3.42. The summed E-state index contributed by atoms with van der Waals surface area (Å²) in [7, 11) is 1.91. The van der Waals surface area contributed by atoms with Crippen LogP contribution in [0.25, 0.3) is 11.4 Å². The number of hydrogen-bond donors (Lipinski definition) is 0. The van der Waals surface area contributed by atoms with E-state index in [4.69, 9.17) is 11.6 Å². The molecule has 0 bridgehead atoms. The highest BCUT2D eigenvalue weighted by Crippen LogP contribution is 2.26. The quantitative estimate of drug-likeness (QED) is 0.719. The minimum atomic E-state index is 0.755. The highest BCUT2D eigenvalue weighted by molar-refractivity contribution is 6.31. The lowest BCUT2D eigenvalue weighted by atomic mass is 10.1. The number of halogens is 1. The second-order valence-corrected chi connectivity index (χ2v) is 3.59. The third kappa shape index (κ3) is 1.40. The van der Waals surface area contributed by atoms with Gasteiger partial charge in [0.15, 0.2) is 5.82 Å². The minimum absolute atomic E-state index is 0.755. The largest absolute Gasteiger partial charge is 0.317 e. The van der Waals surface area contributed by atoms with Crippen LogP contribution in [0.2, 0.25) is 5.02 Å². The van der Waals surface area contributed by atoms with Gasteiger partial charge in [0.05, 0.1) is 0 Å². The molecule has 0 amide bonds. The van der Waals surface area contributed by atoms with E-state index in [1.165, 1.54) is 0 Å². The monoisotopic (exact) mass is 207 g/mol. The summed E-state index contributed by atoms with van der Waals surface area (Å²) in [5.74, 6) is 0.838. The highest BCUT2D eigenvalue weighted by atomic mass is 35.5. The van der Waals surface area contributed by atoms with Crippen LogP contribution >= 0.6 is 11.6 Å². The molecule has 0 aliphatic rings. The van der Waals surface area contributed by atoms with Crippen molar-refractivity contribution in [2.75, 3.05) is 0 Å². The van der Waals surface area contributed by atoms with Crippen molar-refractivity contribution in [1.82, 2.24) is 14.8 Å². The van der Waals surface area contributed by atoms with Crippen molar-refractivity contribution in [1.29, 1.82) is 0 Å². The van der Waals surface area contributed by atoms with Crippen LogP contribution in [-0.2, 0) is 7.05 Å². The van der Waals surface area contributed by atoms with E-state index in [2.05, 4.69) is 10.2 Å². The van der Waals surface area contributed by atoms with E-state index in [0.717, 1.165) is 22.0 Å². The van der Waals surface area contributed by atoms with Crippen LogP contribution in [0.5, 0.6) is 0 Å². The maximum Gasteiger partial charge on any atom is 0.163 e. The van der Waals surface area contributed by atoms with Gasteiger partial charge < -0.3 is 4.57 Å². The fraction of sp³-hybridized carbons (Fsp3) is 0.200. The van der Waals surface area contributed by atoms with Crippen molar-refractivity contribution in [3.63, 3.8) is 0 Å². The third-order valence-electron chi connectivity index (χ3n) is 2.22. The van der Waals surface area contributed by atoms with Gasteiger partial charge in [0.1, 0.15) is 6.33 Å². The molecule has 1 heterocycles. The average molecular weight is 208 g/mol. The first-order chi connectivity index (χ1) is 6.70. The number of aryl methyl sites for hydroxylation is 1. The fourth-order valence-electron chi connectivity index (χ4n) is 1.38. The molecule has 72 valence electrons. The predicted octanol–water partition coefficient (Wildman–Crippen LogP) is 2.44. The molecule has 0 spiro atoms. The summed E-state index contributed by atoms with van der Waals surface area (Å²) in [6, 6.07) is 5.78. The molecule has 0 fully saturated rings. The van der Waals surface area contributed by atoms with Crippen LogP contribution in [0.4, 0.5) is 0 Å². The van der Waals surface area contributed by atoms with Gasteiger partial charge in [-0.1, -0.05) is 23.7 Å². The Morgan fingerprint density at radius 3 is 2.79 bits per heavy atom. The van der Waals surface area contributed by atoms with Crippen molar-refractivity contribution in [3.05, 3.63) is 35.1 Å². The summed E-state index contributed by atoms with van der Waals surface area (Å²) in [6.07, 6.45) is 1.68. The number of nitrogens with zero attached hydrogens (tertiary/aromatic N) is 3. The molecule has 3 nitrogen and oxygen atoms in total. The van der Waals surface area contributed by atoms with Crippen LogP contribution < -0.4 is 0 Å². The normalized spacial score (nSPS) is 10.5. The molecule has 1 aromatic heterocycles. The molecule has 0 saturated carbocycles. The molecule has 0 aliphatic heterocycles. The van der Waals surface area contributed by atoms with Gasteiger partial charge in [-0.2, -0.15) is 0 Å². The van der Waals surface area contributed by atoms with Gasteiger partial charge in [0.25, 0.3) is 0 Å². The first kappa shape index (κ1) is 9.21. The van der Waals surface area contributed by atoms with Crippen molar-refractivity contribution in [2.24, 2.45) is 7.05 Å². The van der Waals surface area contributed by atoms with E-state index < -0.39 is 0 Å². The maximum atomic E-state index is 6.03. The molecule has 0 aliphatic carbocycles. The van der Waals surface area contributed by atoms with Crippen molar-refractivity contribution in [3.8, 4) is 11.4 Å². The zero-order chi connectivity index (χ0) is 10.1. The summed E-state index contributed by atoms with van der Waals surface area (Å²) in [5.41, 5.74) is 2.06. The van der Waals surface area contributed by atoms with Crippen LogP contribution in [0.15, 0.2) is 24.5 Å². The Kier molecular flexibility index (Phi) is 2.25. The topological polar surface area (TPSA) is 30.7 Å². The molecule has 0 unspecified atom stereocenters. The Bertz CT molecular complexity index is 462. The van der Waals surface area contributed by atoms with Crippen LogP contribution in [0, 0.1) is 6.92 Å². The Balaban J connectivity index is 2.63. The van der Waals surface area contributed by atoms with Crippen LogP contribution in [0.3, 0.4) is 0 Å². The second-order valence-electron chi connectivity index (χ2n) is 3.18. The SMILES string of the molecule is Cc1c(Cl)cccc1-c1nncn1C. The zero-order valence-corrected chi connectivity index (χ0v) is 8.78. The summed E-state index contributed by atoms with van der Waals surface area (Å²) < 4.78 is 1.87. The van der Waals surface area contributed by atoms with Crippen molar-refractivity contribution >= 4 is 11.6 Å². The average Bonchev–Trinajstić information content (AvgIpc) is 2.57. The number of rotatable bonds is 1. The first-order valence-electron chi connectivity index (χ1n) is 4.29. The molecule has 2 rings (SSSR count). The summed E-state index contributed by atoms with van der Waals surface area (Å²) >= 11 is 6.03. The minimum Gasteiger partial charge on any atom is -0.317 e. The van der Waals surface area contributed by atoms with Gasteiger partial charge in [0.2, 0.25) is 0 Å². The fourth-order valence-corrected chi connectivity index (χ4v) is 1.55. The van der Waals surface area contributed by atoms with Gasteiger partial charge >= 0.3 is 0 Å². The van der Waals surface area contributed by atoms with E-state index >= 15 is 0 Å². The Hall–Kier alpha value is -1.35. The van der Waals surface area contributed by atoms with Gasteiger partial charge in [-0.15, -0.1) is 10.2 Å². The van der Waals surface area contributed by atoms with Gasteiger partial charge in [-0.3, -0.25) is 0 Å². The Morgan fingerprint density at radius 2 is 2.14 bits per heavy atom. The highest BCUT2D eigenvalue weighted by Gasteiger charge is 2.08. The smallest absolute Gasteiger partial charge is 0.163 e. The molecular weight excluding hydrogens is 198 g/mol. The van der Waals surface area contributed by atoms with Crippen LogP contribution in [0.1, 0.15) is 5.56 Å². The lowest BCUT2D eigenvalue weighted by Gasteiger charge is -2.05. The van der Waals surface area contributed by atoms with E-state index in [1.807, 2.05) is 36.7 Å². The summed E-state index contributed by atoms with van der Waals surface area (Å²) in [6.45, 7) is 1.98. The lowest BCUT2D eigenvalue weighted by molar-refractivity contribution is 0.918. The van der Waals surface area contributed by atoms with Crippen molar-refractivity contribution in [2.45, 2.75) is 6.92 Å². The standard InChI is InChI=1S/C10H10ClN3/c1-7-8(4-3-5-9(7)11)10-13-12-6-14(10)2/h3-6H,1-2H3. The van der Waals surface area contributed by atoms with E-state index in [1.54, 1.807) is 6.33 Å². The summed E-state index contributed by atoms with van der Waals surface area (Å²) in [5, 5.41) is 8.64. The molecule has 1 aromatic carbocycles. The molecule has 2 aromatic rings. The number of benzene rings is 1. The van der Waals surface area contributed by atoms with Gasteiger partial charge in [-0.25, -0.2) is 0 Å². The van der Waals surface area contributed by atoms with E-state index in [9.17, 15) is 0 Å². The molecule has 4 heteroatoms. The predicted molar refractivity (Wildman–Crippen MR) is 56.2 cm³/mol. The van der Waals surface area contributed by atoms with E-state index in [-0.39, 0.29) is 0 Å². The number of hydrogen-bond acceptors (Lipinski definition) is 2. The number of aromatic nitrogens is 3. The van der Waals surface area contributed by atoms with Crippen LogP contribution in [-0.4, -0.2) is 14.8 Å². The first-order valence-corrected chi connectivity index (χ1v) is 4.67. The molecule has 0 N–H and O–H groups in total. The zero-order valence-electron chi connectivity index (χ0n) is 8.03. The van der Waals surface area contributed by atoms with Gasteiger partial charge in [-0.05, 0) is 18.6 Å². The lowest BCUT2D eigenvalue weighted by Crippen LogP contribution is -1.93. The molecule has 0 radical (unpaired) electrons. The maximum absolute atomic E-state index is 6.03. The third-order valence-corrected chi connectivity index (χ3v) is 2.63. The van der Waals surface area contributed by atoms with E-state index in [0.29, 0.717) is 0 Å².